The van der Waals surface area contributed by atoms with E-state index < -0.39 is 0 Å². The Labute approximate surface area is 116 Å². The number of aryl methyl sites for hydroxylation is 2. The van der Waals surface area contributed by atoms with Crippen LogP contribution in [-0.2, 0) is 17.6 Å². The summed E-state index contributed by atoms with van der Waals surface area (Å²) >= 11 is 0. The zero-order valence-corrected chi connectivity index (χ0v) is 12.2. The van der Waals surface area contributed by atoms with Crippen molar-refractivity contribution in [2.45, 2.75) is 39.2 Å². The Balaban J connectivity index is 2.36. The molecule has 1 aliphatic heterocycles. The third-order valence-electron chi connectivity index (χ3n) is 3.98. The van der Waals surface area contributed by atoms with Crippen LogP contribution >= 0.6 is 0 Å². The smallest absolute Gasteiger partial charge is 0.0671 e. The number of hydrogen-bond donors (Lipinski definition) is 1. The van der Waals surface area contributed by atoms with E-state index in [2.05, 4.69) is 36.9 Å². The van der Waals surface area contributed by atoms with E-state index in [1.165, 1.54) is 16.8 Å². The van der Waals surface area contributed by atoms with Gasteiger partial charge in [-0.2, -0.15) is 0 Å². The fraction of sp³-hybridized carbons (Fsp3) is 0.625. The highest BCUT2D eigenvalue weighted by Gasteiger charge is 2.25. The molecule has 3 nitrogen and oxygen atoms in total. The quantitative estimate of drug-likeness (QED) is 0.885. The Morgan fingerprint density at radius 2 is 1.95 bits per heavy atom. The number of benzene rings is 1. The number of nitrogens with two attached hydrogens (primary N) is 1. The lowest BCUT2D eigenvalue weighted by molar-refractivity contribution is 0.0921. The van der Waals surface area contributed by atoms with Crippen molar-refractivity contribution in [3.8, 4) is 0 Å². The van der Waals surface area contributed by atoms with Gasteiger partial charge < -0.3 is 15.4 Å². The molecule has 1 fully saturated rings. The van der Waals surface area contributed by atoms with Crippen LogP contribution in [0.2, 0.25) is 0 Å². The molecule has 0 bridgehead atoms. The molecule has 1 unspecified atom stereocenters. The summed E-state index contributed by atoms with van der Waals surface area (Å²) in [7, 11) is 0. The van der Waals surface area contributed by atoms with Crippen LogP contribution in [0.3, 0.4) is 0 Å². The molecule has 1 atom stereocenters. The highest BCUT2D eigenvalue weighted by molar-refractivity contribution is 5.61. The lowest BCUT2D eigenvalue weighted by Gasteiger charge is -2.39. The Morgan fingerprint density at radius 3 is 2.53 bits per heavy atom. The Morgan fingerprint density at radius 1 is 1.26 bits per heavy atom. The molecular weight excluding hydrogens is 236 g/mol. The highest BCUT2D eigenvalue weighted by atomic mass is 16.5. The summed E-state index contributed by atoms with van der Waals surface area (Å²) in [6, 6.07) is 7.11. The van der Waals surface area contributed by atoms with Crippen molar-refractivity contribution in [3.05, 3.63) is 29.3 Å². The number of hydrogen-bond acceptors (Lipinski definition) is 3. The van der Waals surface area contributed by atoms with E-state index in [4.69, 9.17) is 10.5 Å². The monoisotopic (exact) mass is 262 g/mol. The van der Waals surface area contributed by atoms with Gasteiger partial charge in [-0.1, -0.05) is 32.0 Å². The minimum absolute atomic E-state index is 0.428. The highest BCUT2D eigenvalue weighted by Crippen LogP contribution is 2.30. The average Bonchev–Trinajstić information content (AvgIpc) is 2.47. The fourth-order valence-corrected chi connectivity index (χ4v) is 2.96. The summed E-state index contributed by atoms with van der Waals surface area (Å²) in [6.45, 7) is 7.79. The third-order valence-corrected chi connectivity index (χ3v) is 3.98. The zero-order chi connectivity index (χ0) is 13.7. The van der Waals surface area contributed by atoms with Crippen molar-refractivity contribution in [2.24, 2.45) is 5.73 Å². The number of anilines is 1. The number of nitrogens with zero attached hydrogens (tertiary/aromatic N) is 1. The summed E-state index contributed by atoms with van der Waals surface area (Å²) < 4.78 is 5.64. The zero-order valence-electron chi connectivity index (χ0n) is 12.2. The standard InChI is InChI=1S/C16H26N2O/c1-3-13-6-5-7-14(4-2)16(13)18-10-11-19-12-15(18)8-9-17/h5-7,15H,3-4,8-12,17H2,1-2H3. The molecule has 1 aliphatic rings. The van der Waals surface area contributed by atoms with Crippen molar-refractivity contribution in [1.29, 1.82) is 0 Å². The summed E-state index contributed by atoms with van der Waals surface area (Å²) in [5.74, 6) is 0. The van der Waals surface area contributed by atoms with Crippen molar-refractivity contribution in [3.63, 3.8) is 0 Å². The van der Waals surface area contributed by atoms with Crippen molar-refractivity contribution in [2.75, 3.05) is 31.2 Å². The molecule has 2 N–H and O–H groups in total. The van der Waals surface area contributed by atoms with E-state index in [1.807, 2.05) is 0 Å². The number of para-hydroxylation sites is 1. The van der Waals surface area contributed by atoms with Crippen LogP contribution in [0.5, 0.6) is 0 Å². The topological polar surface area (TPSA) is 38.5 Å². The molecule has 19 heavy (non-hydrogen) atoms. The molecule has 1 heterocycles. The molecule has 1 aromatic rings. The van der Waals surface area contributed by atoms with Crippen LogP contribution in [0.15, 0.2) is 18.2 Å². The normalized spacial score (nSPS) is 19.7. The minimum Gasteiger partial charge on any atom is -0.377 e. The first kappa shape index (κ1) is 14.4. The lowest BCUT2D eigenvalue weighted by atomic mass is 9.99. The maximum absolute atomic E-state index is 5.76. The first-order chi connectivity index (χ1) is 9.31. The maximum Gasteiger partial charge on any atom is 0.0671 e. The summed E-state index contributed by atoms with van der Waals surface area (Å²) in [4.78, 5) is 2.54. The second-order valence-corrected chi connectivity index (χ2v) is 5.13. The van der Waals surface area contributed by atoms with Crippen LogP contribution in [0.25, 0.3) is 0 Å². The first-order valence-electron chi connectivity index (χ1n) is 7.47. The predicted molar refractivity (Wildman–Crippen MR) is 80.8 cm³/mol. The Hall–Kier alpha value is -1.06. The van der Waals surface area contributed by atoms with Gasteiger partial charge in [-0.15, -0.1) is 0 Å². The third kappa shape index (κ3) is 3.10. The van der Waals surface area contributed by atoms with Gasteiger partial charge in [0.05, 0.1) is 19.3 Å². The SMILES string of the molecule is CCc1cccc(CC)c1N1CCOCC1CCN. The molecular formula is C16H26N2O. The Bertz CT molecular complexity index is 381. The maximum atomic E-state index is 5.76. The van der Waals surface area contributed by atoms with Gasteiger partial charge in [0.1, 0.15) is 0 Å². The summed E-state index contributed by atoms with van der Waals surface area (Å²) in [6.07, 6.45) is 3.16. The molecule has 0 radical (unpaired) electrons. The van der Waals surface area contributed by atoms with E-state index >= 15 is 0 Å². The van der Waals surface area contributed by atoms with Gasteiger partial charge in [0, 0.05) is 12.2 Å². The molecule has 0 spiro atoms. The van der Waals surface area contributed by atoms with Crippen molar-refractivity contribution in [1.82, 2.24) is 0 Å². The van der Waals surface area contributed by atoms with E-state index in [1.54, 1.807) is 0 Å². The van der Waals surface area contributed by atoms with E-state index in [9.17, 15) is 0 Å². The molecule has 0 amide bonds. The molecule has 106 valence electrons. The average molecular weight is 262 g/mol. The second-order valence-electron chi connectivity index (χ2n) is 5.13. The van der Waals surface area contributed by atoms with Gasteiger partial charge in [0.15, 0.2) is 0 Å². The number of morpholine rings is 1. The molecule has 1 aromatic carbocycles. The number of ether oxygens (including phenoxy) is 1. The van der Waals surface area contributed by atoms with Crippen LogP contribution in [0.1, 0.15) is 31.4 Å². The molecule has 1 saturated heterocycles. The van der Waals surface area contributed by atoms with Gasteiger partial charge in [0.25, 0.3) is 0 Å². The van der Waals surface area contributed by atoms with Crippen LogP contribution in [0.4, 0.5) is 5.69 Å². The van der Waals surface area contributed by atoms with E-state index in [0.29, 0.717) is 6.04 Å². The lowest BCUT2D eigenvalue weighted by Crippen LogP contribution is -2.47. The summed E-state index contributed by atoms with van der Waals surface area (Å²) in [5, 5.41) is 0. The predicted octanol–water partition coefficient (Wildman–Crippen LogP) is 2.37. The molecule has 2 rings (SSSR count). The van der Waals surface area contributed by atoms with Crippen molar-refractivity contribution >= 4 is 5.69 Å². The van der Waals surface area contributed by atoms with Gasteiger partial charge in [-0.3, -0.25) is 0 Å². The molecule has 0 aliphatic carbocycles. The van der Waals surface area contributed by atoms with Crippen LogP contribution < -0.4 is 10.6 Å². The van der Waals surface area contributed by atoms with Crippen LogP contribution in [-0.4, -0.2) is 32.3 Å². The largest absolute Gasteiger partial charge is 0.377 e. The molecule has 0 aromatic heterocycles. The van der Waals surface area contributed by atoms with E-state index in [0.717, 1.165) is 45.6 Å². The molecule has 0 saturated carbocycles. The van der Waals surface area contributed by atoms with Gasteiger partial charge in [0.2, 0.25) is 0 Å². The van der Waals surface area contributed by atoms with Crippen LogP contribution in [0, 0.1) is 0 Å². The first-order valence-corrected chi connectivity index (χ1v) is 7.47. The minimum atomic E-state index is 0.428. The van der Waals surface area contributed by atoms with Gasteiger partial charge >= 0.3 is 0 Å². The van der Waals surface area contributed by atoms with Gasteiger partial charge in [-0.05, 0) is 36.9 Å². The molecule has 3 heteroatoms. The van der Waals surface area contributed by atoms with Gasteiger partial charge in [-0.25, -0.2) is 0 Å². The second kappa shape index (κ2) is 6.92. The van der Waals surface area contributed by atoms with E-state index in [-0.39, 0.29) is 0 Å². The van der Waals surface area contributed by atoms with Crippen molar-refractivity contribution < 1.29 is 4.74 Å². The fourth-order valence-electron chi connectivity index (χ4n) is 2.96. The Kier molecular flexibility index (Phi) is 5.23. The number of rotatable bonds is 5. The summed E-state index contributed by atoms with van der Waals surface area (Å²) in [5.41, 5.74) is 10.1.